The van der Waals surface area contributed by atoms with Crippen LogP contribution in [0.1, 0.15) is 80.1 Å². The third-order valence-corrected chi connectivity index (χ3v) is 13.4. The Morgan fingerprint density at radius 1 is 0.872 bits per heavy atom. The average Bonchev–Trinajstić information content (AvgIpc) is 3.45. The van der Waals surface area contributed by atoms with Gasteiger partial charge in [-0.1, -0.05) is 106 Å². The fourth-order valence-corrected chi connectivity index (χ4v) is 10.8. The Balaban J connectivity index is 1.59. The molecule has 8 heteroatoms. The number of carbonyl (C=O) groups is 1. The molecule has 0 aliphatic heterocycles. The number of alkyl carbamates (subject to hydrolysis) is 1. The summed E-state index contributed by atoms with van der Waals surface area (Å²) in [5, 5.41) is 16.1. The SMILES string of the molecule is CCn1cc(-c2ccc(C[C@@H](CCO[Si](c3ccccc3)(c3ccccc3)C(C)(C)C)NC(=O)OC(C)(C)C)cc2)nc1C(C)(C)O. The molecule has 2 N–H and O–H groups in total. The minimum Gasteiger partial charge on any atom is -0.444 e. The Hall–Kier alpha value is -3.72. The zero-order valence-electron chi connectivity index (χ0n) is 29.6. The molecule has 1 atom stereocenters. The molecule has 0 bridgehead atoms. The average molecular weight is 656 g/mol. The summed E-state index contributed by atoms with van der Waals surface area (Å²) in [5.41, 5.74) is 1.23. The molecule has 3 aromatic carbocycles. The molecule has 7 nitrogen and oxygen atoms in total. The number of amides is 1. The van der Waals surface area contributed by atoms with E-state index in [0.29, 0.717) is 25.3 Å². The maximum absolute atomic E-state index is 13.0. The van der Waals surface area contributed by atoms with Gasteiger partial charge in [0.05, 0.1) is 5.69 Å². The molecule has 1 aromatic heterocycles. The predicted octanol–water partition coefficient (Wildman–Crippen LogP) is 7.20. The van der Waals surface area contributed by atoms with Crippen LogP contribution in [0.4, 0.5) is 4.79 Å². The van der Waals surface area contributed by atoms with Crippen LogP contribution in [0, 0.1) is 0 Å². The van der Waals surface area contributed by atoms with Crippen molar-refractivity contribution < 1.29 is 19.1 Å². The molecule has 4 aromatic rings. The van der Waals surface area contributed by atoms with E-state index in [2.05, 4.69) is 98.9 Å². The minimum absolute atomic E-state index is 0.143. The van der Waals surface area contributed by atoms with Gasteiger partial charge in [0.1, 0.15) is 17.0 Å². The number of benzene rings is 3. The Labute approximate surface area is 282 Å². The van der Waals surface area contributed by atoms with Gasteiger partial charge in [-0.2, -0.15) is 0 Å². The second-order valence-electron chi connectivity index (χ2n) is 14.8. The maximum atomic E-state index is 13.0. The van der Waals surface area contributed by atoms with Crippen LogP contribution in [0.15, 0.2) is 91.1 Å². The summed E-state index contributed by atoms with van der Waals surface area (Å²) < 4.78 is 14.8. The first kappa shape index (κ1) is 36.1. The highest BCUT2D eigenvalue weighted by Gasteiger charge is 2.50. The summed E-state index contributed by atoms with van der Waals surface area (Å²) in [7, 11) is -2.72. The second kappa shape index (κ2) is 14.6. The summed E-state index contributed by atoms with van der Waals surface area (Å²) in [6.07, 6.45) is 2.77. The van der Waals surface area contributed by atoms with Crippen LogP contribution in [0.3, 0.4) is 0 Å². The lowest BCUT2D eigenvalue weighted by Gasteiger charge is -2.43. The number of carbonyl (C=O) groups excluding carboxylic acids is 1. The molecule has 0 radical (unpaired) electrons. The zero-order valence-corrected chi connectivity index (χ0v) is 30.6. The number of hydrogen-bond donors (Lipinski definition) is 2. The van der Waals surface area contributed by atoms with Crippen molar-refractivity contribution >= 4 is 24.8 Å². The largest absolute Gasteiger partial charge is 0.444 e. The molecule has 0 aliphatic rings. The van der Waals surface area contributed by atoms with Gasteiger partial charge in [-0.25, -0.2) is 9.78 Å². The topological polar surface area (TPSA) is 85.6 Å². The Bertz CT molecular complexity index is 1540. The van der Waals surface area contributed by atoms with Crippen molar-refractivity contribution in [1.82, 2.24) is 14.9 Å². The molecule has 4 rings (SSSR count). The normalized spacial score (nSPS) is 13.3. The minimum atomic E-state index is -2.72. The molecule has 0 unspecified atom stereocenters. The van der Waals surface area contributed by atoms with Crippen molar-refractivity contribution in [2.45, 2.75) is 104 Å². The van der Waals surface area contributed by atoms with Gasteiger partial charge >= 0.3 is 6.09 Å². The van der Waals surface area contributed by atoms with Crippen LogP contribution in [0.2, 0.25) is 5.04 Å². The Kier molecular flexibility index (Phi) is 11.2. The monoisotopic (exact) mass is 655 g/mol. The molecule has 1 amide bonds. The standard InChI is InChI=1S/C39H53N3O4Si/c1-10-42-28-34(41-35(42)39(8,9)44)30-23-21-29(22-24-30)27-31(40-36(43)46-37(2,3)4)25-26-45-47(38(5,6)7,32-17-13-11-14-18-32)33-19-15-12-16-20-33/h11-24,28,31,44H,10,25-27H2,1-9H3,(H,40,43)/t31-/m1/s1. The summed E-state index contributed by atoms with van der Waals surface area (Å²) in [4.78, 5) is 17.8. The van der Waals surface area contributed by atoms with Gasteiger partial charge in [-0.3, -0.25) is 0 Å². The maximum Gasteiger partial charge on any atom is 0.407 e. The number of hydrogen-bond acceptors (Lipinski definition) is 5. The van der Waals surface area contributed by atoms with E-state index in [9.17, 15) is 9.90 Å². The van der Waals surface area contributed by atoms with Crippen molar-refractivity contribution in [2.24, 2.45) is 0 Å². The fraction of sp³-hybridized carbons (Fsp3) is 0.436. The molecule has 0 saturated carbocycles. The van der Waals surface area contributed by atoms with Crippen molar-refractivity contribution in [3.05, 3.63) is 103 Å². The van der Waals surface area contributed by atoms with E-state index < -0.39 is 25.6 Å². The number of nitrogens with zero attached hydrogens (tertiary/aromatic N) is 2. The van der Waals surface area contributed by atoms with Gasteiger partial charge in [0, 0.05) is 31.0 Å². The van der Waals surface area contributed by atoms with E-state index in [4.69, 9.17) is 14.1 Å². The number of nitrogens with one attached hydrogen (secondary N) is 1. The summed E-state index contributed by atoms with van der Waals surface area (Å²) in [5.74, 6) is 0.640. The summed E-state index contributed by atoms with van der Waals surface area (Å²) in [6, 6.07) is 29.3. The Morgan fingerprint density at radius 3 is 1.87 bits per heavy atom. The zero-order chi connectivity index (χ0) is 34.5. The Morgan fingerprint density at radius 2 is 1.43 bits per heavy atom. The number of rotatable bonds is 12. The third-order valence-electron chi connectivity index (χ3n) is 8.32. The van der Waals surface area contributed by atoms with Crippen LogP contribution in [0.25, 0.3) is 11.3 Å². The van der Waals surface area contributed by atoms with Crippen molar-refractivity contribution in [3.8, 4) is 11.3 Å². The first-order chi connectivity index (χ1) is 22.0. The molecule has 0 spiro atoms. The fourth-order valence-electron chi connectivity index (χ4n) is 6.20. The highest BCUT2D eigenvalue weighted by atomic mass is 28.4. The van der Waals surface area contributed by atoms with Gasteiger partial charge < -0.3 is 24.2 Å². The van der Waals surface area contributed by atoms with Crippen LogP contribution < -0.4 is 15.7 Å². The second-order valence-corrected chi connectivity index (χ2v) is 19.1. The molecule has 0 saturated heterocycles. The van der Waals surface area contributed by atoms with Gasteiger partial charge in [0.15, 0.2) is 0 Å². The lowest BCUT2D eigenvalue weighted by Crippen LogP contribution is -2.66. The smallest absolute Gasteiger partial charge is 0.407 e. The number of aliphatic hydroxyl groups is 1. The predicted molar refractivity (Wildman–Crippen MR) is 194 cm³/mol. The van der Waals surface area contributed by atoms with Crippen molar-refractivity contribution in [2.75, 3.05) is 6.61 Å². The summed E-state index contributed by atoms with van der Waals surface area (Å²) in [6.45, 7) is 19.2. The van der Waals surface area contributed by atoms with E-state index in [1.165, 1.54) is 10.4 Å². The molecular formula is C39H53N3O4Si. The van der Waals surface area contributed by atoms with E-state index in [0.717, 1.165) is 23.4 Å². The number of imidazole rings is 1. The quantitative estimate of drug-likeness (QED) is 0.158. The highest BCUT2D eigenvalue weighted by Crippen LogP contribution is 2.37. The first-order valence-electron chi connectivity index (χ1n) is 16.7. The molecule has 0 aliphatic carbocycles. The molecule has 252 valence electrons. The first-order valence-corrected chi connectivity index (χ1v) is 18.6. The van der Waals surface area contributed by atoms with Crippen molar-refractivity contribution in [3.63, 3.8) is 0 Å². The van der Waals surface area contributed by atoms with Crippen LogP contribution >= 0.6 is 0 Å². The van der Waals surface area contributed by atoms with Crippen LogP contribution in [-0.2, 0) is 27.7 Å². The number of aryl methyl sites for hydroxylation is 1. The lowest BCUT2D eigenvalue weighted by molar-refractivity contribution is 0.0497. The number of aromatic nitrogens is 2. The molecule has 47 heavy (non-hydrogen) atoms. The van der Waals surface area contributed by atoms with Gasteiger partial charge in [0.25, 0.3) is 8.32 Å². The van der Waals surface area contributed by atoms with Crippen LogP contribution in [-0.4, -0.2) is 47.3 Å². The molecule has 0 fully saturated rings. The van der Waals surface area contributed by atoms with E-state index in [1.54, 1.807) is 13.8 Å². The van der Waals surface area contributed by atoms with E-state index in [-0.39, 0.29) is 11.1 Å². The van der Waals surface area contributed by atoms with Gasteiger partial charge in [-0.05, 0) is 75.4 Å². The summed E-state index contributed by atoms with van der Waals surface area (Å²) >= 11 is 0. The van der Waals surface area contributed by atoms with E-state index in [1.807, 2.05) is 50.6 Å². The number of ether oxygens (including phenoxy) is 1. The van der Waals surface area contributed by atoms with Crippen LogP contribution in [0.5, 0.6) is 0 Å². The van der Waals surface area contributed by atoms with Gasteiger partial charge in [0.2, 0.25) is 0 Å². The highest BCUT2D eigenvalue weighted by molar-refractivity contribution is 6.99. The van der Waals surface area contributed by atoms with Crippen molar-refractivity contribution in [1.29, 1.82) is 0 Å². The molecular weight excluding hydrogens is 603 g/mol. The lowest BCUT2D eigenvalue weighted by atomic mass is 10.0. The third kappa shape index (κ3) is 9.00. The van der Waals surface area contributed by atoms with E-state index >= 15 is 0 Å². The molecule has 1 heterocycles. The van der Waals surface area contributed by atoms with Gasteiger partial charge in [-0.15, -0.1) is 0 Å².